The van der Waals surface area contributed by atoms with Crippen molar-refractivity contribution in [1.82, 2.24) is 4.98 Å². The number of oxime groups is 1. The molecule has 0 atom stereocenters. The lowest BCUT2D eigenvalue weighted by molar-refractivity contribution is 0.318. The van der Waals surface area contributed by atoms with Crippen LogP contribution in [0.4, 0.5) is 5.82 Å². The monoisotopic (exact) mass is 270 g/mol. The van der Waals surface area contributed by atoms with Crippen LogP contribution in [0.5, 0.6) is 0 Å². The Bertz CT molecular complexity index is 608. The predicted molar refractivity (Wildman–Crippen MR) is 80.0 cm³/mol. The Morgan fingerprint density at radius 1 is 1.35 bits per heavy atom. The number of aromatic nitrogens is 1. The predicted octanol–water partition coefficient (Wildman–Crippen LogP) is 2.12. The van der Waals surface area contributed by atoms with Gasteiger partial charge in [0.25, 0.3) is 0 Å². The molecule has 0 saturated carbocycles. The van der Waals surface area contributed by atoms with Crippen LogP contribution in [0, 0.1) is 6.92 Å². The van der Waals surface area contributed by atoms with Crippen LogP contribution in [0.3, 0.4) is 0 Å². The van der Waals surface area contributed by atoms with Crippen LogP contribution >= 0.6 is 0 Å². The second-order valence-electron chi connectivity index (χ2n) is 4.74. The maximum Gasteiger partial charge on any atom is 0.170 e. The normalized spacial score (nSPS) is 11.4. The average molecular weight is 270 g/mol. The second-order valence-corrected chi connectivity index (χ2v) is 4.74. The minimum Gasteiger partial charge on any atom is -0.409 e. The molecule has 0 amide bonds. The summed E-state index contributed by atoms with van der Waals surface area (Å²) in [5.41, 5.74) is 8.50. The zero-order valence-electron chi connectivity index (χ0n) is 11.6. The van der Waals surface area contributed by atoms with E-state index in [1.165, 1.54) is 0 Å². The number of anilines is 1. The Balaban J connectivity index is 2.15. The third-order valence-electron chi connectivity index (χ3n) is 3.04. The zero-order chi connectivity index (χ0) is 14.5. The van der Waals surface area contributed by atoms with E-state index in [2.05, 4.69) is 10.1 Å². The number of rotatable bonds is 4. The SMILES string of the molecule is Cc1ccc(N(C)Cc2cccc(C(N)=NO)c2)nc1. The summed E-state index contributed by atoms with van der Waals surface area (Å²) in [6.45, 7) is 2.71. The molecule has 0 aliphatic heterocycles. The van der Waals surface area contributed by atoms with Crippen molar-refractivity contribution in [1.29, 1.82) is 0 Å². The van der Waals surface area contributed by atoms with Gasteiger partial charge in [0.1, 0.15) is 5.82 Å². The number of nitrogens with two attached hydrogens (primary N) is 1. The minimum atomic E-state index is 0.114. The second kappa shape index (κ2) is 6.06. The molecule has 2 aromatic rings. The molecule has 1 aromatic heterocycles. The quantitative estimate of drug-likeness (QED) is 0.386. The van der Waals surface area contributed by atoms with Gasteiger partial charge < -0.3 is 15.8 Å². The molecule has 20 heavy (non-hydrogen) atoms. The van der Waals surface area contributed by atoms with Crippen molar-refractivity contribution in [2.24, 2.45) is 10.9 Å². The van der Waals surface area contributed by atoms with Crippen molar-refractivity contribution in [2.75, 3.05) is 11.9 Å². The van der Waals surface area contributed by atoms with Crippen LogP contribution < -0.4 is 10.6 Å². The molecular weight excluding hydrogens is 252 g/mol. The van der Waals surface area contributed by atoms with Gasteiger partial charge in [-0.1, -0.05) is 29.4 Å². The van der Waals surface area contributed by atoms with Gasteiger partial charge in [0.2, 0.25) is 0 Å². The van der Waals surface area contributed by atoms with E-state index in [4.69, 9.17) is 10.9 Å². The third kappa shape index (κ3) is 3.26. The minimum absolute atomic E-state index is 0.114. The van der Waals surface area contributed by atoms with Gasteiger partial charge in [-0.05, 0) is 30.2 Å². The summed E-state index contributed by atoms with van der Waals surface area (Å²) in [6.07, 6.45) is 1.85. The van der Waals surface area contributed by atoms with Gasteiger partial charge in [-0.2, -0.15) is 0 Å². The third-order valence-corrected chi connectivity index (χ3v) is 3.04. The number of pyridine rings is 1. The number of aryl methyl sites for hydroxylation is 1. The summed E-state index contributed by atoms with van der Waals surface area (Å²) < 4.78 is 0. The van der Waals surface area contributed by atoms with Crippen molar-refractivity contribution < 1.29 is 5.21 Å². The fourth-order valence-electron chi connectivity index (χ4n) is 1.93. The van der Waals surface area contributed by atoms with Crippen LogP contribution in [0.15, 0.2) is 47.8 Å². The number of hydrogen-bond donors (Lipinski definition) is 2. The fourth-order valence-corrected chi connectivity index (χ4v) is 1.93. The smallest absolute Gasteiger partial charge is 0.170 e. The maximum atomic E-state index is 8.71. The molecule has 3 N–H and O–H groups in total. The molecule has 5 heteroatoms. The maximum absolute atomic E-state index is 8.71. The fraction of sp³-hybridized carbons (Fsp3) is 0.200. The van der Waals surface area contributed by atoms with Crippen molar-refractivity contribution in [2.45, 2.75) is 13.5 Å². The highest BCUT2D eigenvalue weighted by Crippen LogP contribution is 2.14. The van der Waals surface area contributed by atoms with Gasteiger partial charge >= 0.3 is 0 Å². The lowest BCUT2D eigenvalue weighted by Gasteiger charge is -2.18. The molecule has 0 radical (unpaired) electrons. The van der Waals surface area contributed by atoms with Crippen LogP contribution in [-0.2, 0) is 6.54 Å². The van der Waals surface area contributed by atoms with Gasteiger partial charge in [0, 0.05) is 25.4 Å². The van der Waals surface area contributed by atoms with Crippen LogP contribution in [0.1, 0.15) is 16.7 Å². The van der Waals surface area contributed by atoms with Crippen molar-refractivity contribution in [3.8, 4) is 0 Å². The molecule has 0 aliphatic carbocycles. The van der Waals surface area contributed by atoms with E-state index in [0.717, 1.165) is 16.9 Å². The highest BCUT2D eigenvalue weighted by Gasteiger charge is 2.05. The Hall–Kier alpha value is -2.56. The lowest BCUT2D eigenvalue weighted by atomic mass is 10.1. The summed E-state index contributed by atoms with van der Waals surface area (Å²) in [6, 6.07) is 11.6. The van der Waals surface area contributed by atoms with Crippen LogP contribution in [-0.4, -0.2) is 23.1 Å². The van der Waals surface area contributed by atoms with E-state index in [9.17, 15) is 0 Å². The van der Waals surface area contributed by atoms with Gasteiger partial charge in [-0.3, -0.25) is 0 Å². The first-order valence-corrected chi connectivity index (χ1v) is 6.31. The first kappa shape index (κ1) is 13.9. The number of hydrogen-bond acceptors (Lipinski definition) is 4. The Labute approximate surface area is 118 Å². The topological polar surface area (TPSA) is 74.7 Å². The van der Waals surface area contributed by atoms with E-state index in [1.807, 2.05) is 61.5 Å². The molecule has 0 saturated heterocycles. The van der Waals surface area contributed by atoms with Crippen molar-refractivity contribution >= 4 is 11.7 Å². The van der Waals surface area contributed by atoms with Crippen molar-refractivity contribution in [3.63, 3.8) is 0 Å². The summed E-state index contributed by atoms with van der Waals surface area (Å²) in [5.74, 6) is 1.02. The number of benzene rings is 1. The molecule has 1 heterocycles. The highest BCUT2D eigenvalue weighted by atomic mass is 16.4. The van der Waals surface area contributed by atoms with E-state index in [0.29, 0.717) is 12.1 Å². The standard InChI is InChI=1S/C15H18N4O/c1-11-6-7-14(17-9-11)19(2)10-12-4-3-5-13(8-12)15(16)18-20/h3-9,20H,10H2,1-2H3,(H2,16,18). The van der Waals surface area contributed by atoms with Crippen LogP contribution in [0.25, 0.3) is 0 Å². The molecule has 2 rings (SSSR count). The van der Waals surface area contributed by atoms with E-state index in [1.54, 1.807) is 0 Å². The Morgan fingerprint density at radius 3 is 2.80 bits per heavy atom. The van der Waals surface area contributed by atoms with Gasteiger partial charge in [-0.15, -0.1) is 0 Å². The summed E-state index contributed by atoms with van der Waals surface area (Å²) >= 11 is 0. The summed E-state index contributed by atoms with van der Waals surface area (Å²) in [7, 11) is 1.98. The average Bonchev–Trinajstić information content (AvgIpc) is 2.47. The van der Waals surface area contributed by atoms with Gasteiger partial charge in [0.05, 0.1) is 0 Å². The molecular formula is C15H18N4O. The number of amidine groups is 1. The van der Waals surface area contributed by atoms with Crippen LogP contribution in [0.2, 0.25) is 0 Å². The van der Waals surface area contributed by atoms with E-state index in [-0.39, 0.29) is 5.84 Å². The molecule has 0 bridgehead atoms. The molecule has 5 nitrogen and oxygen atoms in total. The summed E-state index contributed by atoms with van der Waals surface area (Å²) in [5, 5.41) is 11.7. The summed E-state index contributed by atoms with van der Waals surface area (Å²) in [4.78, 5) is 6.43. The molecule has 0 spiro atoms. The molecule has 0 fully saturated rings. The first-order valence-electron chi connectivity index (χ1n) is 6.31. The van der Waals surface area contributed by atoms with Gasteiger partial charge in [-0.25, -0.2) is 4.98 Å². The van der Waals surface area contributed by atoms with Crippen molar-refractivity contribution in [3.05, 3.63) is 59.3 Å². The molecule has 1 aromatic carbocycles. The highest BCUT2D eigenvalue weighted by molar-refractivity contribution is 5.97. The molecule has 104 valence electrons. The van der Waals surface area contributed by atoms with E-state index < -0.39 is 0 Å². The Morgan fingerprint density at radius 2 is 2.15 bits per heavy atom. The number of nitrogens with zero attached hydrogens (tertiary/aromatic N) is 3. The molecule has 0 unspecified atom stereocenters. The lowest BCUT2D eigenvalue weighted by Crippen LogP contribution is -2.18. The zero-order valence-corrected chi connectivity index (χ0v) is 11.6. The van der Waals surface area contributed by atoms with Gasteiger partial charge in [0.15, 0.2) is 5.84 Å². The first-order chi connectivity index (χ1) is 9.60. The van der Waals surface area contributed by atoms with E-state index >= 15 is 0 Å². The molecule has 0 aliphatic rings. The Kier molecular flexibility index (Phi) is 4.20. The largest absolute Gasteiger partial charge is 0.409 e.